The fourth-order valence-electron chi connectivity index (χ4n) is 1.58. The number of aryl methyl sites for hydroxylation is 1. The molecule has 7 nitrogen and oxygen atoms in total. The number of rotatable bonds is 7. The molecule has 0 spiro atoms. The van der Waals surface area contributed by atoms with Gasteiger partial charge in [0.15, 0.2) is 6.33 Å². The summed E-state index contributed by atoms with van der Waals surface area (Å²) in [6, 6.07) is 1.91. The van der Waals surface area contributed by atoms with E-state index < -0.39 is 0 Å². The van der Waals surface area contributed by atoms with Crippen LogP contribution in [0.2, 0.25) is 0 Å². The maximum absolute atomic E-state index is 4.93. The van der Waals surface area contributed by atoms with Crippen LogP contribution >= 0.6 is 0 Å². The van der Waals surface area contributed by atoms with Crippen molar-refractivity contribution in [1.29, 1.82) is 0 Å². The molecule has 0 aliphatic heterocycles. The minimum atomic E-state index is 0.614. The molecule has 0 aromatic carbocycles. The number of hydrogen-bond donors (Lipinski definition) is 2. The number of nitrogens with zero attached hydrogens (tertiary/aromatic N) is 4. The van der Waals surface area contributed by atoms with Gasteiger partial charge in [-0.3, -0.25) is 0 Å². The molecule has 0 atom stereocenters. The summed E-state index contributed by atoms with van der Waals surface area (Å²) in [4.78, 5) is 12.7. The van der Waals surface area contributed by atoms with E-state index in [1.165, 1.54) is 6.33 Å². The Morgan fingerprint density at radius 3 is 2.84 bits per heavy atom. The lowest BCUT2D eigenvalue weighted by atomic mass is 10.4. The molecule has 0 amide bonds. The highest BCUT2D eigenvalue weighted by Gasteiger charge is 2.03. The molecule has 2 N–H and O–H groups in total. The van der Waals surface area contributed by atoms with E-state index in [0.717, 1.165) is 24.5 Å². The van der Waals surface area contributed by atoms with Crippen molar-refractivity contribution in [2.45, 2.75) is 26.7 Å². The number of aromatic nitrogens is 4. The van der Waals surface area contributed by atoms with E-state index in [4.69, 9.17) is 4.52 Å². The molecule has 7 heteroatoms. The van der Waals surface area contributed by atoms with Crippen LogP contribution < -0.4 is 10.6 Å². The summed E-state index contributed by atoms with van der Waals surface area (Å²) in [5.41, 5.74) is 0.925. The van der Waals surface area contributed by atoms with Crippen molar-refractivity contribution in [1.82, 2.24) is 20.1 Å². The molecule has 2 heterocycles. The highest BCUT2D eigenvalue weighted by Crippen LogP contribution is 2.09. The quantitative estimate of drug-likeness (QED) is 0.784. The molecule has 2 aromatic rings. The SMILES string of the molecule is CCCNc1nc(C)cc(NCCc2ncno2)n1. The van der Waals surface area contributed by atoms with Crippen LogP contribution in [0, 0.1) is 6.92 Å². The van der Waals surface area contributed by atoms with Gasteiger partial charge in [-0.25, -0.2) is 4.98 Å². The molecule has 0 radical (unpaired) electrons. The van der Waals surface area contributed by atoms with Crippen LogP contribution in [0.5, 0.6) is 0 Å². The van der Waals surface area contributed by atoms with E-state index in [1.54, 1.807) is 0 Å². The molecule has 0 aliphatic rings. The molecule has 0 aliphatic carbocycles. The van der Waals surface area contributed by atoms with E-state index in [-0.39, 0.29) is 0 Å². The number of nitrogens with one attached hydrogen (secondary N) is 2. The van der Waals surface area contributed by atoms with Gasteiger partial charge in [-0.1, -0.05) is 12.1 Å². The monoisotopic (exact) mass is 262 g/mol. The van der Waals surface area contributed by atoms with Crippen molar-refractivity contribution < 1.29 is 4.52 Å². The predicted octanol–water partition coefficient (Wildman–Crippen LogP) is 1.64. The third-order valence-corrected chi connectivity index (χ3v) is 2.44. The van der Waals surface area contributed by atoms with Gasteiger partial charge < -0.3 is 15.2 Å². The summed E-state index contributed by atoms with van der Waals surface area (Å²) in [5, 5.41) is 9.96. The van der Waals surface area contributed by atoms with Crippen LogP contribution in [0.1, 0.15) is 24.9 Å². The first-order chi connectivity index (χ1) is 9.28. The summed E-state index contributed by atoms with van der Waals surface area (Å²) in [6.45, 7) is 5.60. The average molecular weight is 262 g/mol. The number of anilines is 2. The van der Waals surface area contributed by atoms with E-state index in [9.17, 15) is 0 Å². The topological polar surface area (TPSA) is 88.8 Å². The van der Waals surface area contributed by atoms with Crippen molar-refractivity contribution in [2.24, 2.45) is 0 Å². The summed E-state index contributed by atoms with van der Waals surface area (Å²) >= 11 is 0. The molecule has 102 valence electrons. The van der Waals surface area contributed by atoms with Gasteiger partial charge in [0.05, 0.1) is 0 Å². The van der Waals surface area contributed by atoms with Crippen molar-refractivity contribution in [3.05, 3.63) is 24.0 Å². The van der Waals surface area contributed by atoms with Gasteiger partial charge in [-0.15, -0.1) is 0 Å². The van der Waals surface area contributed by atoms with Gasteiger partial charge in [0, 0.05) is 31.3 Å². The second-order valence-corrected chi connectivity index (χ2v) is 4.16. The van der Waals surface area contributed by atoms with E-state index >= 15 is 0 Å². The van der Waals surface area contributed by atoms with Crippen LogP contribution in [-0.2, 0) is 6.42 Å². The summed E-state index contributed by atoms with van der Waals surface area (Å²) < 4.78 is 4.93. The standard InChI is InChI=1S/C12H18N6O/c1-3-5-14-12-17-9(2)7-10(18-12)13-6-4-11-15-8-16-19-11/h7-8H,3-6H2,1-2H3,(H2,13,14,17,18). The second kappa shape index (κ2) is 6.67. The molecule has 0 bridgehead atoms. The lowest BCUT2D eigenvalue weighted by molar-refractivity contribution is 0.379. The molecular weight excluding hydrogens is 244 g/mol. The van der Waals surface area contributed by atoms with Gasteiger partial charge in [-0.2, -0.15) is 9.97 Å². The van der Waals surface area contributed by atoms with E-state index in [2.05, 4.69) is 37.7 Å². The van der Waals surface area contributed by atoms with E-state index in [0.29, 0.717) is 24.8 Å². The fraction of sp³-hybridized carbons (Fsp3) is 0.500. The second-order valence-electron chi connectivity index (χ2n) is 4.16. The van der Waals surface area contributed by atoms with Crippen molar-refractivity contribution >= 4 is 11.8 Å². The molecule has 0 saturated heterocycles. The Kier molecular flexibility index (Phi) is 4.66. The Bertz CT molecular complexity index is 499. The smallest absolute Gasteiger partial charge is 0.228 e. The molecule has 0 unspecified atom stereocenters. The van der Waals surface area contributed by atoms with Crippen molar-refractivity contribution in [2.75, 3.05) is 23.7 Å². The Hall–Kier alpha value is -2.18. The third kappa shape index (κ3) is 4.20. The first-order valence-electron chi connectivity index (χ1n) is 6.37. The minimum absolute atomic E-state index is 0.614. The summed E-state index contributed by atoms with van der Waals surface area (Å²) in [6.07, 6.45) is 3.11. The van der Waals surface area contributed by atoms with Crippen LogP contribution in [0.4, 0.5) is 11.8 Å². The minimum Gasteiger partial charge on any atom is -0.369 e. The Morgan fingerprint density at radius 2 is 2.11 bits per heavy atom. The largest absolute Gasteiger partial charge is 0.369 e. The zero-order chi connectivity index (χ0) is 13.5. The zero-order valence-corrected chi connectivity index (χ0v) is 11.2. The highest BCUT2D eigenvalue weighted by molar-refractivity contribution is 5.42. The highest BCUT2D eigenvalue weighted by atomic mass is 16.5. The maximum atomic E-state index is 4.93. The Balaban J connectivity index is 1.90. The van der Waals surface area contributed by atoms with Crippen molar-refractivity contribution in [3.63, 3.8) is 0 Å². The molecule has 19 heavy (non-hydrogen) atoms. The third-order valence-electron chi connectivity index (χ3n) is 2.44. The molecule has 2 rings (SSSR count). The first-order valence-corrected chi connectivity index (χ1v) is 6.37. The van der Waals surface area contributed by atoms with Crippen LogP contribution in [0.25, 0.3) is 0 Å². The molecule has 0 saturated carbocycles. The van der Waals surface area contributed by atoms with Crippen LogP contribution in [-0.4, -0.2) is 33.2 Å². The lowest BCUT2D eigenvalue weighted by Gasteiger charge is -2.08. The van der Waals surface area contributed by atoms with E-state index in [1.807, 2.05) is 13.0 Å². The molecular formula is C12H18N6O. The van der Waals surface area contributed by atoms with Crippen LogP contribution in [0.3, 0.4) is 0 Å². The first kappa shape index (κ1) is 13.3. The number of hydrogen-bond acceptors (Lipinski definition) is 7. The van der Waals surface area contributed by atoms with Crippen LogP contribution in [0.15, 0.2) is 16.9 Å². The van der Waals surface area contributed by atoms with Gasteiger partial charge in [0.2, 0.25) is 11.8 Å². The summed E-state index contributed by atoms with van der Waals surface area (Å²) in [7, 11) is 0. The molecule has 0 fully saturated rings. The summed E-state index contributed by atoms with van der Waals surface area (Å²) in [5.74, 6) is 2.07. The Morgan fingerprint density at radius 1 is 1.21 bits per heavy atom. The van der Waals surface area contributed by atoms with Gasteiger partial charge in [-0.05, 0) is 13.3 Å². The lowest BCUT2D eigenvalue weighted by Crippen LogP contribution is -2.10. The van der Waals surface area contributed by atoms with Gasteiger partial charge in [0.25, 0.3) is 0 Å². The average Bonchev–Trinajstić information content (AvgIpc) is 2.89. The predicted molar refractivity (Wildman–Crippen MR) is 72.0 cm³/mol. The van der Waals surface area contributed by atoms with Gasteiger partial charge in [0.1, 0.15) is 5.82 Å². The Labute approximate surface area is 111 Å². The fourth-order valence-corrected chi connectivity index (χ4v) is 1.58. The molecule has 2 aromatic heterocycles. The normalized spacial score (nSPS) is 10.4. The van der Waals surface area contributed by atoms with Crippen molar-refractivity contribution in [3.8, 4) is 0 Å². The maximum Gasteiger partial charge on any atom is 0.228 e. The zero-order valence-electron chi connectivity index (χ0n) is 11.2. The van der Waals surface area contributed by atoms with Gasteiger partial charge >= 0.3 is 0 Å².